The van der Waals surface area contributed by atoms with Gasteiger partial charge in [-0.25, -0.2) is 0 Å². The molecule has 1 amide bonds. The van der Waals surface area contributed by atoms with Gasteiger partial charge in [-0.05, 0) is 32.0 Å². The molecular formula is C14H17ClN2O2S. The molecule has 1 aromatic heterocycles. The van der Waals surface area contributed by atoms with E-state index < -0.39 is 0 Å². The summed E-state index contributed by atoms with van der Waals surface area (Å²) in [5.41, 5.74) is 6.51. The first-order valence-electron chi connectivity index (χ1n) is 6.40. The van der Waals surface area contributed by atoms with Crippen molar-refractivity contribution < 1.29 is 9.53 Å². The Bertz CT molecular complexity index is 627. The number of benzene rings is 1. The Morgan fingerprint density at radius 1 is 1.55 bits per heavy atom. The van der Waals surface area contributed by atoms with E-state index in [4.69, 9.17) is 22.1 Å². The number of amides is 1. The van der Waals surface area contributed by atoms with E-state index in [-0.39, 0.29) is 12.0 Å². The van der Waals surface area contributed by atoms with E-state index in [1.807, 2.05) is 19.9 Å². The van der Waals surface area contributed by atoms with Gasteiger partial charge >= 0.3 is 0 Å². The lowest BCUT2D eigenvalue weighted by Crippen LogP contribution is -2.32. The SMILES string of the molecule is CCOC(C)CNC(=O)c1sc2ccc(Cl)cc2c1N. The highest BCUT2D eigenvalue weighted by molar-refractivity contribution is 7.21. The molecule has 20 heavy (non-hydrogen) atoms. The van der Waals surface area contributed by atoms with Gasteiger partial charge in [0, 0.05) is 28.3 Å². The molecule has 0 aliphatic heterocycles. The van der Waals surface area contributed by atoms with E-state index in [0.29, 0.717) is 28.7 Å². The van der Waals surface area contributed by atoms with Crippen LogP contribution in [-0.2, 0) is 4.74 Å². The highest BCUT2D eigenvalue weighted by Crippen LogP contribution is 2.35. The van der Waals surface area contributed by atoms with Gasteiger partial charge in [-0.1, -0.05) is 11.6 Å². The highest BCUT2D eigenvalue weighted by Gasteiger charge is 2.17. The van der Waals surface area contributed by atoms with Crippen LogP contribution in [0.2, 0.25) is 5.02 Å². The summed E-state index contributed by atoms with van der Waals surface area (Å²) in [5.74, 6) is -0.175. The van der Waals surface area contributed by atoms with Crippen molar-refractivity contribution >= 4 is 44.6 Å². The molecule has 108 valence electrons. The number of fused-ring (bicyclic) bond motifs is 1. The fourth-order valence-electron chi connectivity index (χ4n) is 1.92. The molecule has 1 atom stereocenters. The lowest BCUT2D eigenvalue weighted by molar-refractivity contribution is 0.0697. The van der Waals surface area contributed by atoms with Crippen LogP contribution in [0.5, 0.6) is 0 Å². The number of carbonyl (C=O) groups excluding carboxylic acids is 1. The molecule has 0 aliphatic carbocycles. The molecule has 1 heterocycles. The van der Waals surface area contributed by atoms with Crippen LogP contribution in [0.4, 0.5) is 5.69 Å². The molecule has 0 aliphatic rings. The number of anilines is 1. The van der Waals surface area contributed by atoms with Gasteiger partial charge < -0.3 is 15.8 Å². The maximum absolute atomic E-state index is 12.2. The average Bonchev–Trinajstić information content (AvgIpc) is 2.74. The Morgan fingerprint density at radius 3 is 3.00 bits per heavy atom. The molecule has 4 nitrogen and oxygen atoms in total. The standard InChI is InChI=1S/C14H17ClN2O2S/c1-3-19-8(2)7-17-14(18)13-12(16)10-6-9(15)4-5-11(10)20-13/h4-6,8H,3,7,16H2,1-2H3,(H,17,18). The third kappa shape index (κ3) is 3.23. The van der Waals surface area contributed by atoms with Crippen molar-refractivity contribution in [2.24, 2.45) is 0 Å². The number of nitrogens with one attached hydrogen (secondary N) is 1. The fraction of sp³-hybridized carbons (Fsp3) is 0.357. The van der Waals surface area contributed by atoms with E-state index in [1.165, 1.54) is 11.3 Å². The molecule has 6 heteroatoms. The minimum Gasteiger partial charge on any atom is -0.397 e. The molecule has 1 aromatic carbocycles. The molecule has 0 spiro atoms. The second-order valence-corrected chi connectivity index (χ2v) is 5.95. The zero-order valence-corrected chi connectivity index (χ0v) is 13.0. The van der Waals surface area contributed by atoms with E-state index in [9.17, 15) is 4.79 Å². The second kappa shape index (κ2) is 6.43. The predicted molar refractivity (Wildman–Crippen MR) is 84.7 cm³/mol. The highest BCUT2D eigenvalue weighted by atomic mass is 35.5. The Labute approximate surface area is 126 Å². The fourth-order valence-corrected chi connectivity index (χ4v) is 3.11. The summed E-state index contributed by atoms with van der Waals surface area (Å²) in [7, 11) is 0. The Kier molecular flexibility index (Phi) is 4.86. The van der Waals surface area contributed by atoms with Crippen molar-refractivity contribution in [2.45, 2.75) is 20.0 Å². The normalized spacial score (nSPS) is 12.6. The van der Waals surface area contributed by atoms with Crippen LogP contribution >= 0.6 is 22.9 Å². The van der Waals surface area contributed by atoms with Crippen LogP contribution in [0.1, 0.15) is 23.5 Å². The number of rotatable bonds is 5. The lowest BCUT2D eigenvalue weighted by Gasteiger charge is -2.12. The van der Waals surface area contributed by atoms with Gasteiger partial charge in [-0.3, -0.25) is 4.79 Å². The van der Waals surface area contributed by atoms with Gasteiger partial charge in [0.15, 0.2) is 0 Å². The van der Waals surface area contributed by atoms with Crippen LogP contribution < -0.4 is 11.1 Å². The van der Waals surface area contributed by atoms with Gasteiger partial charge in [0.1, 0.15) is 4.88 Å². The molecule has 0 radical (unpaired) electrons. The maximum Gasteiger partial charge on any atom is 0.263 e. The van der Waals surface area contributed by atoms with E-state index in [1.54, 1.807) is 12.1 Å². The summed E-state index contributed by atoms with van der Waals surface area (Å²) in [4.78, 5) is 12.7. The van der Waals surface area contributed by atoms with Crippen LogP contribution in [0.15, 0.2) is 18.2 Å². The van der Waals surface area contributed by atoms with Gasteiger partial charge in [0.25, 0.3) is 5.91 Å². The molecule has 0 saturated carbocycles. The molecule has 3 N–H and O–H groups in total. The summed E-state index contributed by atoms with van der Waals surface area (Å²) in [6.07, 6.45) is -0.0194. The summed E-state index contributed by atoms with van der Waals surface area (Å²) in [5, 5.41) is 4.27. The minimum absolute atomic E-state index is 0.0194. The number of carbonyl (C=O) groups is 1. The first-order chi connectivity index (χ1) is 9.52. The topological polar surface area (TPSA) is 64.3 Å². The van der Waals surface area contributed by atoms with E-state index >= 15 is 0 Å². The average molecular weight is 313 g/mol. The van der Waals surface area contributed by atoms with Crippen molar-refractivity contribution in [3.8, 4) is 0 Å². The second-order valence-electron chi connectivity index (χ2n) is 4.46. The van der Waals surface area contributed by atoms with Crippen LogP contribution in [-0.4, -0.2) is 25.2 Å². The Morgan fingerprint density at radius 2 is 2.30 bits per heavy atom. The van der Waals surface area contributed by atoms with Crippen molar-refractivity contribution in [3.05, 3.63) is 28.1 Å². The first kappa shape index (κ1) is 15.1. The predicted octanol–water partition coefficient (Wildman–Crippen LogP) is 3.29. The molecule has 1 unspecified atom stereocenters. The molecule has 0 fully saturated rings. The number of halogens is 1. The molecule has 2 rings (SSSR count). The third-order valence-corrected chi connectivity index (χ3v) is 4.32. The van der Waals surface area contributed by atoms with Gasteiger partial charge in [0.05, 0.1) is 11.8 Å². The van der Waals surface area contributed by atoms with Crippen LogP contribution in [0.3, 0.4) is 0 Å². The lowest BCUT2D eigenvalue weighted by atomic mass is 10.2. The number of thiophene rings is 1. The van der Waals surface area contributed by atoms with Gasteiger partial charge in [-0.15, -0.1) is 11.3 Å². The number of nitrogens with two attached hydrogens (primary N) is 1. The number of ether oxygens (including phenoxy) is 1. The number of hydrogen-bond acceptors (Lipinski definition) is 4. The molecule has 0 bridgehead atoms. The van der Waals surface area contributed by atoms with Gasteiger partial charge in [0.2, 0.25) is 0 Å². The number of nitrogen functional groups attached to an aromatic ring is 1. The zero-order valence-electron chi connectivity index (χ0n) is 11.4. The first-order valence-corrected chi connectivity index (χ1v) is 7.59. The third-order valence-electron chi connectivity index (χ3n) is 2.90. The molecule has 0 saturated heterocycles. The zero-order chi connectivity index (χ0) is 14.7. The van der Waals surface area contributed by atoms with E-state index in [2.05, 4.69) is 5.32 Å². The van der Waals surface area contributed by atoms with Crippen molar-refractivity contribution in [1.29, 1.82) is 0 Å². The number of hydrogen-bond donors (Lipinski definition) is 2. The van der Waals surface area contributed by atoms with E-state index in [0.717, 1.165) is 10.1 Å². The largest absolute Gasteiger partial charge is 0.397 e. The maximum atomic E-state index is 12.2. The molecular weight excluding hydrogens is 296 g/mol. The smallest absolute Gasteiger partial charge is 0.263 e. The summed E-state index contributed by atoms with van der Waals surface area (Å²) in [6.45, 7) is 4.92. The summed E-state index contributed by atoms with van der Waals surface area (Å²) < 4.78 is 6.33. The molecule has 2 aromatic rings. The minimum atomic E-state index is -0.175. The Balaban J connectivity index is 2.16. The summed E-state index contributed by atoms with van der Waals surface area (Å²) >= 11 is 7.32. The van der Waals surface area contributed by atoms with Crippen molar-refractivity contribution in [1.82, 2.24) is 5.32 Å². The quantitative estimate of drug-likeness (QED) is 0.890. The summed E-state index contributed by atoms with van der Waals surface area (Å²) in [6, 6.07) is 5.44. The van der Waals surface area contributed by atoms with Crippen molar-refractivity contribution in [2.75, 3.05) is 18.9 Å². The Hall–Kier alpha value is -1.30. The van der Waals surface area contributed by atoms with Gasteiger partial charge in [-0.2, -0.15) is 0 Å². The monoisotopic (exact) mass is 312 g/mol. The van der Waals surface area contributed by atoms with Crippen LogP contribution in [0.25, 0.3) is 10.1 Å². The van der Waals surface area contributed by atoms with Crippen molar-refractivity contribution in [3.63, 3.8) is 0 Å². The van der Waals surface area contributed by atoms with Crippen LogP contribution in [0, 0.1) is 0 Å².